The van der Waals surface area contributed by atoms with Crippen LogP contribution < -0.4 is 10.2 Å². The number of nitrogens with one attached hydrogen (secondary N) is 2. The van der Waals surface area contributed by atoms with Crippen LogP contribution >= 0.6 is 22.6 Å². The van der Waals surface area contributed by atoms with Gasteiger partial charge in [0.25, 0.3) is 5.91 Å². The summed E-state index contributed by atoms with van der Waals surface area (Å²) in [5.41, 5.74) is 6.10. The van der Waals surface area contributed by atoms with Gasteiger partial charge in [-0.05, 0) is 64.6 Å². The zero-order chi connectivity index (χ0) is 20.1. The normalized spacial score (nSPS) is 11.1. The summed E-state index contributed by atoms with van der Waals surface area (Å²) in [4.78, 5) is 15.4. The molecule has 0 radical (unpaired) electrons. The topological polar surface area (TPSA) is 66.5 Å². The van der Waals surface area contributed by atoms with E-state index in [0.717, 1.165) is 31.3 Å². The van der Waals surface area contributed by atoms with E-state index in [0.29, 0.717) is 12.2 Å². The maximum Gasteiger partial charge on any atom is 0.271 e. The van der Waals surface area contributed by atoms with E-state index in [9.17, 15) is 4.79 Å². The minimum Gasteiger partial charge on any atom is -0.489 e. The quantitative estimate of drug-likeness (QED) is 0.222. The first-order valence-corrected chi connectivity index (χ1v) is 10.1. The number of nitrogens with zero attached hydrogens (tertiary/aromatic N) is 1. The van der Waals surface area contributed by atoms with Crippen LogP contribution in [0.5, 0.6) is 5.75 Å². The van der Waals surface area contributed by atoms with E-state index < -0.39 is 0 Å². The number of benzene rings is 3. The molecule has 0 spiro atoms. The van der Waals surface area contributed by atoms with Gasteiger partial charge in [0.15, 0.2) is 0 Å². The fourth-order valence-corrected chi connectivity index (χ4v) is 3.46. The number of carbonyl (C=O) groups is 1. The van der Waals surface area contributed by atoms with Crippen LogP contribution in [0.1, 0.15) is 21.5 Å². The molecular weight excluding hydrogens is 477 g/mol. The lowest BCUT2D eigenvalue weighted by atomic mass is 10.2. The first kappa shape index (κ1) is 19.2. The van der Waals surface area contributed by atoms with Crippen molar-refractivity contribution in [3.05, 3.63) is 99.3 Å². The van der Waals surface area contributed by atoms with Crippen molar-refractivity contribution >= 4 is 45.6 Å². The lowest BCUT2D eigenvalue weighted by Crippen LogP contribution is -2.17. The molecule has 0 bridgehead atoms. The Morgan fingerprint density at radius 1 is 1.07 bits per heavy atom. The first-order valence-electron chi connectivity index (χ1n) is 9.06. The lowest BCUT2D eigenvalue weighted by molar-refractivity contribution is 0.0955. The number of hydrogen-bond donors (Lipinski definition) is 2. The van der Waals surface area contributed by atoms with Gasteiger partial charge in [-0.25, -0.2) is 5.43 Å². The number of aromatic amines is 1. The van der Waals surface area contributed by atoms with Crippen LogP contribution in [-0.2, 0) is 6.61 Å². The van der Waals surface area contributed by atoms with Crippen LogP contribution in [0.25, 0.3) is 10.9 Å². The molecule has 0 aliphatic heterocycles. The Hall–Kier alpha value is -3.13. The predicted octanol–water partition coefficient (Wildman–Crippen LogP) is 5.12. The maximum atomic E-state index is 12.2. The number of rotatable bonds is 6. The number of H-pyrrole nitrogens is 1. The highest BCUT2D eigenvalue weighted by Gasteiger charge is 2.06. The third-order valence-corrected chi connectivity index (χ3v) is 5.06. The lowest BCUT2D eigenvalue weighted by Gasteiger charge is -2.06. The van der Waals surface area contributed by atoms with E-state index in [1.165, 1.54) is 0 Å². The Balaban J connectivity index is 1.46. The van der Waals surface area contributed by atoms with Crippen LogP contribution in [0.3, 0.4) is 0 Å². The van der Waals surface area contributed by atoms with Gasteiger partial charge in [-0.3, -0.25) is 4.79 Å². The number of fused-ring (bicyclic) bond motifs is 1. The zero-order valence-corrected chi connectivity index (χ0v) is 17.6. The molecule has 0 fully saturated rings. The number of carbonyl (C=O) groups excluding carboxylic acids is 1. The van der Waals surface area contributed by atoms with E-state index in [1.807, 2.05) is 72.9 Å². The Bertz CT molecular complexity index is 1170. The number of hydrazone groups is 1. The molecule has 1 amide bonds. The number of halogens is 1. The van der Waals surface area contributed by atoms with Crippen LogP contribution in [-0.4, -0.2) is 17.1 Å². The Labute approximate surface area is 181 Å². The van der Waals surface area contributed by atoms with Crippen LogP contribution in [0.15, 0.2) is 84.1 Å². The molecule has 0 aliphatic rings. The molecular formula is C23H18IN3O2. The summed E-state index contributed by atoms with van der Waals surface area (Å²) in [6.45, 7) is 0.506. The van der Waals surface area contributed by atoms with Crippen LogP contribution in [0.4, 0.5) is 0 Å². The Morgan fingerprint density at radius 2 is 1.93 bits per heavy atom. The molecule has 4 rings (SSSR count). The third kappa shape index (κ3) is 4.83. The van der Waals surface area contributed by atoms with E-state index in [1.54, 1.807) is 12.3 Å². The highest BCUT2D eigenvalue weighted by atomic mass is 127. The van der Waals surface area contributed by atoms with Gasteiger partial charge >= 0.3 is 0 Å². The molecule has 144 valence electrons. The SMILES string of the molecule is O=C(N/N=C\c1c[nH]c2ccc(OCc3ccccc3)cc12)c1cccc(I)c1. The summed E-state index contributed by atoms with van der Waals surface area (Å²) in [5, 5.41) is 5.08. The maximum absolute atomic E-state index is 12.2. The predicted molar refractivity (Wildman–Crippen MR) is 123 cm³/mol. The molecule has 0 saturated carbocycles. The summed E-state index contributed by atoms with van der Waals surface area (Å²) in [5.74, 6) is 0.532. The molecule has 1 aromatic heterocycles. The molecule has 3 aromatic carbocycles. The molecule has 29 heavy (non-hydrogen) atoms. The minimum atomic E-state index is -0.244. The molecule has 1 heterocycles. The number of ether oxygens (including phenoxy) is 1. The minimum absolute atomic E-state index is 0.244. The molecule has 0 atom stereocenters. The van der Waals surface area contributed by atoms with Crippen molar-refractivity contribution in [2.75, 3.05) is 0 Å². The van der Waals surface area contributed by atoms with Crippen LogP contribution in [0.2, 0.25) is 0 Å². The second kappa shape index (κ2) is 8.91. The van der Waals surface area contributed by atoms with Gasteiger partial charge in [-0.2, -0.15) is 5.10 Å². The highest BCUT2D eigenvalue weighted by Crippen LogP contribution is 2.23. The molecule has 0 saturated heterocycles. The second-order valence-corrected chi connectivity index (χ2v) is 7.68. The fraction of sp³-hybridized carbons (Fsp3) is 0.0435. The zero-order valence-electron chi connectivity index (χ0n) is 15.4. The van der Waals surface area contributed by atoms with Gasteiger partial charge in [0, 0.05) is 31.8 Å². The second-order valence-electron chi connectivity index (χ2n) is 6.44. The summed E-state index contributed by atoms with van der Waals surface area (Å²) < 4.78 is 6.91. The van der Waals surface area contributed by atoms with Gasteiger partial charge in [0.05, 0.1) is 6.21 Å². The van der Waals surface area contributed by atoms with Crippen molar-refractivity contribution in [2.24, 2.45) is 5.10 Å². The van der Waals surface area contributed by atoms with Gasteiger partial charge in [-0.1, -0.05) is 36.4 Å². The molecule has 5 nitrogen and oxygen atoms in total. The number of amides is 1. The largest absolute Gasteiger partial charge is 0.489 e. The van der Waals surface area contributed by atoms with Crippen molar-refractivity contribution in [1.29, 1.82) is 0 Å². The Morgan fingerprint density at radius 3 is 2.76 bits per heavy atom. The first-order chi connectivity index (χ1) is 14.2. The third-order valence-electron chi connectivity index (χ3n) is 4.39. The summed E-state index contributed by atoms with van der Waals surface area (Å²) >= 11 is 2.17. The van der Waals surface area contributed by atoms with E-state index in [2.05, 4.69) is 38.1 Å². The van der Waals surface area contributed by atoms with Crippen molar-refractivity contribution < 1.29 is 9.53 Å². The fourth-order valence-electron chi connectivity index (χ4n) is 2.91. The average Bonchev–Trinajstić information content (AvgIpc) is 3.15. The summed E-state index contributed by atoms with van der Waals surface area (Å²) in [7, 11) is 0. The average molecular weight is 495 g/mol. The van der Waals surface area contributed by atoms with E-state index >= 15 is 0 Å². The molecule has 0 unspecified atom stereocenters. The Kier molecular flexibility index (Phi) is 5.90. The van der Waals surface area contributed by atoms with E-state index in [-0.39, 0.29) is 5.91 Å². The standard InChI is InChI=1S/C23H18IN3O2/c24-19-8-4-7-17(11-19)23(28)27-26-14-18-13-25-22-10-9-20(12-21(18)22)29-15-16-5-2-1-3-6-16/h1-14,25H,15H2,(H,27,28)/b26-14-. The summed E-state index contributed by atoms with van der Waals surface area (Å²) in [6, 6.07) is 23.3. The molecule has 6 heteroatoms. The highest BCUT2D eigenvalue weighted by molar-refractivity contribution is 14.1. The number of hydrogen-bond acceptors (Lipinski definition) is 3. The van der Waals surface area contributed by atoms with Gasteiger partial charge in [0.1, 0.15) is 12.4 Å². The van der Waals surface area contributed by atoms with Gasteiger partial charge in [-0.15, -0.1) is 0 Å². The number of aromatic nitrogens is 1. The molecule has 0 aliphatic carbocycles. The van der Waals surface area contributed by atoms with Gasteiger partial charge < -0.3 is 9.72 Å². The van der Waals surface area contributed by atoms with E-state index in [4.69, 9.17) is 4.74 Å². The summed E-state index contributed by atoms with van der Waals surface area (Å²) in [6.07, 6.45) is 3.48. The molecule has 4 aromatic rings. The van der Waals surface area contributed by atoms with Crippen molar-refractivity contribution in [3.63, 3.8) is 0 Å². The smallest absolute Gasteiger partial charge is 0.271 e. The van der Waals surface area contributed by atoms with Crippen molar-refractivity contribution in [2.45, 2.75) is 6.61 Å². The van der Waals surface area contributed by atoms with Crippen LogP contribution in [0, 0.1) is 3.57 Å². The monoisotopic (exact) mass is 495 g/mol. The van der Waals surface area contributed by atoms with Gasteiger partial charge in [0.2, 0.25) is 0 Å². The molecule has 2 N–H and O–H groups in total. The van der Waals surface area contributed by atoms with Crippen molar-refractivity contribution in [3.8, 4) is 5.75 Å². The van der Waals surface area contributed by atoms with Crippen molar-refractivity contribution in [1.82, 2.24) is 10.4 Å².